The number of hydrogen-bond acceptors (Lipinski definition) is 7. The van der Waals surface area contributed by atoms with Crippen LogP contribution in [0.1, 0.15) is 25.8 Å². The Morgan fingerprint density at radius 3 is 3.04 bits per heavy atom. The smallest absolute Gasteiger partial charge is 0.175 e. The number of halogens is 1. The van der Waals surface area contributed by atoms with E-state index >= 15 is 0 Å². The molecule has 28 heavy (non-hydrogen) atoms. The monoisotopic (exact) mass is 509 g/mol. The number of aromatic nitrogens is 4. The van der Waals surface area contributed by atoms with Gasteiger partial charge in [0.25, 0.3) is 0 Å². The molecule has 1 aromatic carbocycles. The zero-order valence-corrected chi connectivity index (χ0v) is 19.0. The number of nitrogens with zero attached hydrogens (tertiary/aromatic N) is 4. The highest BCUT2D eigenvalue weighted by Gasteiger charge is 2.19. The third-order valence-corrected chi connectivity index (χ3v) is 7.02. The zero-order chi connectivity index (χ0) is 19.7. The number of anilines is 2. The lowest BCUT2D eigenvalue weighted by molar-refractivity contribution is 0.525. The molecule has 0 bridgehead atoms. The maximum absolute atomic E-state index is 6.07. The molecule has 148 valence electrons. The van der Waals surface area contributed by atoms with Crippen molar-refractivity contribution in [2.24, 2.45) is 0 Å². The molecule has 0 aliphatic carbocycles. The Hall–Kier alpha value is -1.59. The predicted octanol–water partition coefficient (Wildman–Crippen LogP) is 3.52. The first kappa shape index (κ1) is 19.7. The average Bonchev–Trinajstić information content (AvgIpc) is 3.24. The number of rotatable bonds is 7. The summed E-state index contributed by atoms with van der Waals surface area (Å²) < 4.78 is 3.39. The van der Waals surface area contributed by atoms with Crippen molar-refractivity contribution in [3.8, 4) is 0 Å². The normalized spacial score (nSPS) is 13.3. The average molecular weight is 509 g/mol. The number of hydrogen-bond donors (Lipinski definition) is 3. The summed E-state index contributed by atoms with van der Waals surface area (Å²) in [6.07, 6.45) is 3.57. The molecule has 0 atom stereocenters. The van der Waals surface area contributed by atoms with Gasteiger partial charge in [0.15, 0.2) is 22.1 Å². The zero-order valence-electron chi connectivity index (χ0n) is 16.0. The molecule has 4 N–H and O–H groups in total. The molecular weight excluding hydrogens is 485 g/mol. The van der Waals surface area contributed by atoms with Crippen LogP contribution in [0, 0.1) is 3.57 Å². The van der Waals surface area contributed by atoms with Gasteiger partial charge in [-0.3, -0.25) is 0 Å². The molecule has 2 aromatic heterocycles. The van der Waals surface area contributed by atoms with Gasteiger partial charge in [-0.2, -0.15) is 0 Å². The van der Waals surface area contributed by atoms with E-state index in [0.717, 1.165) is 43.3 Å². The lowest BCUT2D eigenvalue weighted by Gasteiger charge is -2.12. The number of fused-ring (bicyclic) bond motifs is 2. The summed E-state index contributed by atoms with van der Waals surface area (Å²) in [6.45, 7) is 7.11. The Morgan fingerprint density at radius 1 is 1.36 bits per heavy atom. The van der Waals surface area contributed by atoms with E-state index in [1.165, 1.54) is 26.0 Å². The van der Waals surface area contributed by atoms with Crippen molar-refractivity contribution in [3.05, 3.63) is 27.6 Å². The lowest BCUT2D eigenvalue weighted by Crippen LogP contribution is -2.24. The van der Waals surface area contributed by atoms with Gasteiger partial charge in [-0.25, -0.2) is 15.0 Å². The van der Waals surface area contributed by atoms with E-state index in [-0.39, 0.29) is 0 Å². The molecule has 3 heterocycles. The van der Waals surface area contributed by atoms with Crippen molar-refractivity contribution in [2.45, 2.75) is 49.3 Å². The Balaban J connectivity index is 1.66. The number of nitrogens with one attached hydrogen (secondary N) is 2. The van der Waals surface area contributed by atoms with Crippen molar-refractivity contribution in [2.75, 3.05) is 24.1 Å². The fourth-order valence-corrected chi connectivity index (χ4v) is 5.09. The van der Waals surface area contributed by atoms with Gasteiger partial charge in [0.05, 0.1) is 0 Å². The number of nitrogen functional groups attached to an aromatic ring is 1. The van der Waals surface area contributed by atoms with Crippen molar-refractivity contribution < 1.29 is 0 Å². The number of imidazole rings is 1. The van der Waals surface area contributed by atoms with E-state index in [4.69, 9.17) is 10.7 Å². The van der Waals surface area contributed by atoms with Crippen LogP contribution in [0.5, 0.6) is 0 Å². The summed E-state index contributed by atoms with van der Waals surface area (Å²) in [5.74, 6) is 0.429. The van der Waals surface area contributed by atoms with Gasteiger partial charge in [-0.15, -0.1) is 0 Å². The standard InChI is InChI=1S/C19H24IN7S/c1-11(2)22-5-3-7-27-18-16(17(21)24-10-25-18)26-19(27)28-15-8-12-4-6-23-14(12)9-13(15)20/h8-11,22-23H,3-7H2,1-2H3,(H2,21,24,25). The lowest BCUT2D eigenvalue weighted by atomic mass is 10.2. The quantitative estimate of drug-likeness (QED) is 0.332. The van der Waals surface area contributed by atoms with Crippen LogP contribution < -0.4 is 16.4 Å². The molecule has 0 saturated carbocycles. The minimum Gasteiger partial charge on any atom is -0.384 e. The summed E-state index contributed by atoms with van der Waals surface area (Å²) in [4.78, 5) is 14.6. The Labute approximate surface area is 182 Å². The molecule has 0 saturated heterocycles. The minimum absolute atomic E-state index is 0.429. The second-order valence-corrected chi connectivity index (χ2v) is 9.33. The van der Waals surface area contributed by atoms with E-state index < -0.39 is 0 Å². The van der Waals surface area contributed by atoms with Crippen LogP contribution in [-0.2, 0) is 13.0 Å². The largest absolute Gasteiger partial charge is 0.384 e. The van der Waals surface area contributed by atoms with Gasteiger partial charge >= 0.3 is 0 Å². The summed E-state index contributed by atoms with van der Waals surface area (Å²) in [7, 11) is 0. The first-order chi connectivity index (χ1) is 13.5. The van der Waals surface area contributed by atoms with Crippen molar-refractivity contribution in [1.82, 2.24) is 24.8 Å². The first-order valence-corrected chi connectivity index (χ1v) is 11.4. The van der Waals surface area contributed by atoms with E-state index in [1.807, 2.05) is 0 Å². The Morgan fingerprint density at radius 2 is 2.21 bits per heavy atom. The maximum Gasteiger partial charge on any atom is 0.175 e. The maximum atomic E-state index is 6.07. The van der Waals surface area contributed by atoms with Crippen LogP contribution in [0.25, 0.3) is 11.2 Å². The molecule has 0 amide bonds. The number of aryl methyl sites for hydroxylation is 1. The van der Waals surface area contributed by atoms with E-state index in [0.29, 0.717) is 17.4 Å². The van der Waals surface area contributed by atoms with Gasteiger partial charge in [-0.05, 0) is 59.7 Å². The Bertz CT molecular complexity index is 1000. The summed E-state index contributed by atoms with van der Waals surface area (Å²) >= 11 is 4.08. The summed E-state index contributed by atoms with van der Waals surface area (Å²) in [5, 5.41) is 7.82. The molecule has 1 aliphatic heterocycles. The summed E-state index contributed by atoms with van der Waals surface area (Å²) in [6, 6.07) is 4.98. The third kappa shape index (κ3) is 4.06. The van der Waals surface area contributed by atoms with Gasteiger partial charge in [0.2, 0.25) is 0 Å². The van der Waals surface area contributed by atoms with Gasteiger partial charge in [0.1, 0.15) is 6.33 Å². The predicted molar refractivity (Wildman–Crippen MR) is 123 cm³/mol. The van der Waals surface area contributed by atoms with Crippen LogP contribution in [0.2, 0.25) is 0 Å². The molecule has 9 heteroatoms. The second-order valence-electron chi connectivity index (χ2n) is 7.16. The molecule has 1 aliphatic rings. The van der Waals surface area contributed by atoms with Crippen LogP contribution in [0.3, 0.4) is 0 Å². The van der Waals surface area contributed by atoms with Gasteiger partial charge < -0.3 is 20.9 Å². The van der Waals surface area contributed by atoms with Crippen molar-refractivity contribution in [1.29, 1.82) is 0 Å². The van der Waals surface area contributed by atoms with E-state index in [1.54, 1.807) is 11.8 Å². The van der Waals surface area contributed by atoms with Gasteiger partial charge in [-0.1, -0.05) is 25.6 Å². The number of nitrogens with two attached hydrogens (primary N) is 1. The Kier molecular flexibility index (Phi) is 5.93. The molecule has 7 nitrogen and oxygen atoms in total. The molecule has 0 spiro atoms. The first-order valence-electron chi connectivity index (χ1n) is 9.47. The molecule has 3 aromatic rings. The second kappa shape index (κ2) is 8.42. The van der Waals surface area contributed by atoms with Crippen LogP contribution in [0.15, 0.2) is 28.5 Å². The van der Waals surface area contributed by atoms with Gasteiger partial charge in [0, 0.05) is 33.3 Å². The number of benzene rings is 1. The molecule has 0 unspecified atom stereocenters. The fourth-order valence-electron chi connectivity index (χ4n) is 3.32. The minimum atomic E-state index is 0.429. The van der Waals surface area contributed by atoms with Crippen molar-refractivity contribution >= 4 is 57.0 Å². The topological polar surface area (TPSA) is 93.7 Å². The molecule has 4 rings (SSSR count). The third-order valence-electron chi connectivity index (χ3n) is 4.71. The highest BCUT2D eigenvalue weighted by molar-refractivity contribution is 14.1. The summed E-state index contributed by atoms with van der Waals surface area (Å²) in [5.41, 5.74) is 10.2. The van der Waals surface area contributed by atoms with Crippen LogP contribution in [-0.4, -0.2) is 38.7 Å². The van der Waals surface area contributed by atoms with Crippen molar-refractivity contribution in [3.63, 3.8) is 0 Å². The highest BCUT2D eigenvalue weighted by Crippen LogP contribution is 2.37. The SMILES string of the molecule is CC(C)NCCCn1c(Sc2cc3c(cc2I)NCC3)nc2c(N)ncnc21. The molecule has 0 fully saturated rings. The highest BCUT2D eigenvalue weighted by atomic mass is 127. The fraction of sp³-hybridized carbons (Fsp3) is 0.421. The van der Waals surface area contributed by atoms with Crippen LogP contribution >= 0.6 is 34.4 Å². The van der Waals surface area contributed by atoms with E-state index in [9.17, 15) is 0 Å². The van der Waals surface area contributed by atoms with Crippen LogP contribution in [0.4, 0.5) is 11.5 Å². The van der Waals surface area contributed by atoms with E-state index in [2.05, 4.69) is 73.7 Å². The molecule has 0 radical (unpaired) electrons. The molecular formula is C19H24IN7S.